The van der Waals surface area contributed by atoms with Crippen LogP contribution in [0.1, 0.15) is 0 Å². The summed E-state index contributed by atoms with van der Waals surface area (Å²) in [6.45, 7) is 3.36. The highest BCUT2D eigenvalue weighted by molar-refractivity contribution is 8.15. The lowest BCUT2D eigenvalue weighted by atomic mass is 10.3. The molecule has 4 nitrogen and oxygen atoms in total. The standard InChI is InChI=1S/C13H17N3OS2/c17-13(19-10-11-9-18-11)16-7-5-15(6-8-16)12-3-1-2-4-14-12/h1-4,11H,5-10H2. The van der Waals surface area contributed by atoms with Gasteiger partial charge in [-0.2, -0.15) is 11.8 Å². The van der Waals surface area contributed by atoms with Crippen LogP contribution in [0.2, 0.25) is 0 Å². The van der Waals surface area contributed by atoms with Crippen LogP contribution in [0.25, 0.3) is 0 Å². The number of hydrogen-bond acceptors (Lipinski definition) is 5. The number of anilines is 1. The molecule has 6 heteroatoms. The molecule has 0 spiro atoms. The lowest BCUT2D eigenvalue weighted by Gasteiger charge is -2.35. The second kappa shape index (κ2) is 6.05. The van der Waals surface area contributed by atoms with Crippen LogP contribution in [0.4, 0.5) is 10.6 Å². The van der Waals surface area contributed by atoms with Gasteiger partial charge >= 0.3 is 0 Å². The monoisotopic (exact) mass is 295 g/mol. The summed E-state index contributed by atoms with van der Waals surface area (Å²) >= 11 is 3.43. The zero-order valence-electron chi connectivity index (χ0n) is 10.7. The molecule has 0 aliphatic carbocycles. The molecule has 1 aromatic rings. The molecule has 3 heterocycles. The second-order valence-corrected chi connectivity index (χ2v) is 7.00. The van der Waals surface area contributed by atoms with Crippen LogP contribution < -0.4 is 4.90 Å². The van der Waals surface area contributed by atoms with Crippen molar-refractivity contribution in [3.8, 4) is 0 Å². The number of thioether (sulfide) groups is 2. The fourth-order valence-corrected chi connectivity index (χ4v) is 3.88. The molecule has 1 unspecified atom stereocenters. The number of piperazine rings is 1. The number of nitrogens with zero attached hydrogens (tertiary/aromatic N) is 3. The molecule has 3 rings (SSSR count). The van der Waals surface area contributed by atoms with Gasteiger partial charge in [-0.15, -0.1) is 0 Å². The third-order valence-corrected chi connectivity index (χ3v) is 5.56. The summed E-state index contributed by atoms with van der Waals surface area (Å²) in [5, 5.41) is 0.969. The first-order chi connectivity index (χ1) is 9.33. The molecule has 102 valence electrons. The van der Waals surface area contributed by atoms with Gasteiger partial charge in [0.05, 0.1) is 0 Å². The Labute approximate surface area is 121 Å². The van der Waals surface area contributed by atoms with Gasteiger partial charge in [0.1, 0.15) is 5.82 Å². The van der Waals surface area contributed by atoms with E-state index in [2.05, 4.69) is 9.88 Å². The first-order valence-corrected chi connectivity index (χ1v) is 8.55. The maximum Gasteiger partial charge on any atom is 0.281 e. The summed E-state index contributed by atoms with van der Waals surface area (Å²) in [5.74, 6) is 3.22. The van der Waals surface area contributed by atoms with Gasteiger partial charge in [0.25, 0.3) is 5.24 Å². The van der Waals surface area contributed by atoms with E-state index in [1.807, 2.05) is 41.1 Å². The van der Waals surface area contributed by atoms with E-state index < -0.39 is 0 Å². The fourth-order valence-electron chi connectivity index (χ4n) is 2.08. The Morgan fingerprint density at radius 3 is 2.79 bits per heavy atom. The van der Waals surface area contributed by atoms with Gasteiger partial charge in [-0.3, -0.25) is 4.79 Å². The highest BCUT2D eigenvalue weighted by Gasteiger charge is 2.26. The summed E-state index contributed by atoms with van der Waals surface area (Å²) in [6.07, 6.45) is 1.82. The second-order valence-electron chi connectivity index (χ2n) is 4.69. The number of hydrogen-bond donors (Lipinski definition) is 0. The highest BCUT2D eigenvalue weighted by atomic mass is 32.2. The lowest BCUT2D eigenvalue weighted by molar-refractivity contribution is 0.219. The quantitative estimate of drug-likeness (QED) is 0.799. The van der Waals surface area contributed by atoms with Gasteiger partial charge in [-0.1, -0.05) is 17.8 Å². The summed E-state index contributed by atoms with van der Waals surface area (Å²) < 4.78 is 0. The van der Waals surface area contributed by atoms with Gasteiger partial charge in [-0.05, 0) is 12.1 Å². The average molecular weight is 295 g/mol. The zero-order chi connectivity index (χ0) is 13.1. The summed E-state index contributed by atoms with van der Waals surface area (Å²) in [6, 6.07) is 5.95. The molecule has 2 aliphatic heterocycles. The third-order valence-electron chi connectivity index (χ3n) is 3.31. The molecule has 1 aromatic heterocycles. The van der Waals surface area contributed by atoms with E-state index in [9.17, 15) is 4.79 Å². The van der Waals surface area contributed by atoms with Crippen LogP contribution in [-0.4, -0.2) is 58.1 Å². The van der Waals surface area contributed by atoms with Gasteiger partial charge in [0.2, 0.25) is 0 Å². The molecule has 1 atom stereocenters. The summed E-state index contributed by atoms with van der Waals surface area (Å²) in [7, 11) is 0. The molecule has 0 bridgehead atoms. The Bertz CT molecular complexity index is 431. The fraction of sp³-hybridized carbons (Fsp3) is 0.538. The Morgan fingerprint density at radius 1 is 1.37 bits per heavy atom. The van der Waals surface area contributed by atoms with Crippen molar-refractivity contribution in [2.75, 3.05) is 42.6 Å². The third kappa shape index (κ3) is 3.57. The Kier molecular flexibility index (Phi) is 4.18. The first kappa shape index (κ1) is 13.1. The molecular weight excluding hydrogens is 278 g/mol. The van der Waals surface area contributed by atoms with E-state index >= 15 is 0 Å². The highest BCUT2D eigenvalue weighted by Crippen LogP contribution is 2.33. The zero-order valence-corrected chi connectivity index (χ0v) is 12.3. The molecule has 0 saturated carbocycles. The number of pyridine rings is 1. The molecule has 19 heavy (non-hydrogen) atoms. The molecule has 2 fully saturated rings. The van der Waals surface area contributed by atoms with E-state index in [1.165, 1.54) is 17.5 Å². The number of carbonyl (C=O) groups excluding carboxylic acids is 1. The van der Waals surface area contributed by atoms with Crippen molar-refractivity contribution in [3.63, 3.8) is 0 Å². The molecule has 0 N–H and O–H groups in total. The lowest BCUT2D eigenvalue weighted by Crippen LogP contribution is -2.48. The molecule has 2 aliphatic rings. The van der Waals surface area contributed by atoms with E-state index in [4.69, 9.17) is 0 Å². The maximum atomic E-state index is 12.0. The minimum absolute atomic E-state index is 0.244. The summed E-state index contributed by atoms with van der Waals surface area (Å²) in [5.41, 5.74) is 0. The summed E-state index contributed by atoms with van der Waals surface area (Å²) in [4.78, 5) is 20.6. The number of rotatable bonds is 3. The largest absolute Gasteiger partial charge is 0.353 e. The average Bonchev–Trinajstić information content (AvgIpc) is 3.30. The van der Waals surface area contributed by atoms with Gasteiger partial charge in [0.15, 0.2) is 0 Å². The van der Waals surface area contributed by atoms with Crippen LogP contribution >= 0.6 is 23.5 Å². The van der Waals surface area contributed by atoms with Crippen molar-refractivity contribution in [2.45, 2.75) is 5.25 Å². The van der Waals surface area contributed by atoms with E-state index in [-0.39, 0.29) is 5.24 Å². The Balaban J connectivity index is 1.47. The van der Waals surface area contributed by atoms with Crippen molar-refractivity contribution >= 4 is 34.6 Å². The van der Waals surface area contributed by atoms with E-state index in [0.717, 1.165) is 43.0 Å². The van der Waals surface area contributed by atoms with Crippen LogP contribution in [0.5, 0.6) is 0 Å². The molecule has 0 radical (unpaired) electrons. The molecule has 2 saturated heterocycles. The molecule has 0 aromatic carbocycles. The van der Waals surface area contributed by atoms with Crippen LogP contribution in [0.15, 0.2) is 24.4 Å². The topological polar surface area (TPSA) is 36.4 Å². The van der Waals surface area contributed by atoms with Gasteiger partial charge in [-0.25, -0.2) is 4.98 Å². The smallest absolute Gasteiger partial charge is 0.281 e. The molecular formula is C13H17N3OS2. The predicted molar refractivity (Wildman–Crippen MR) is 82.1 cm³/mol. The first-order valence-electron chi connectivity index (χ1n) is 6.52. The predicted octanol–water partition coefficient (Wildman–Crippen LogP) is 2.17. The Hall–Kier alpha value is -0.880. The van der Waals surface area contributed by atoms with Crippen molar-refractivity contribution in [1.29, 1.82) is 0 Å². The van der Waals surface area contributed by atoms with Crippen LogP contribution in [0, 0.1) is 0 Å². The number of aromatic nitrogens is 1. The van der Waals surface area contributed by atoms with E-state index in [0.29, 0.717) is 0 Å². The van der Waals surface area contributed by atoms with Gasteiger partial charge in [0, 0.05) is 49.1 Å². The van der Waals surface area contributed by atoms with Crippen LogP contribution in [-0.2, 0) is 0 Å². The SMILES string of the molecule is O=C(SCC1CS1)N1CCN(c2ccccn2)CC1. The van der Waals surface area contributed by atoms with Crippen LogP contribution in [0.3, 0.4) is 0 Å². The van der Waals surface area contributed by atoms with Crippen molar-refractivity contribution < 1.29 is 4.79 Å². The van der Waals surface area contributed by atoms with E-state index in [1.54, 1.807) is 0 Å². The van der Waals surface area contributed by atoms with Crippen molar-refractivity contribution in [3.05, 3.63) is 24.4 Å². The van der Waals surface area contributed by atoms with Gasteiger partial charge < -0.3 is 9.80 Å². The minimum Gasteiger partial charge on any atom is -0.353 e. The normalized spacial score (nSPS) is 22.4. The number of carbonyl (C=O) groups is 1. The minimum atomic E-state index is 0.244. The maximum absolute atomic E-state index is 12.0. The Morgan fingerprint density at radius 2 is 2.16 bits per heavy atom. The van der Waals surface area contributed by atoms with Crippen molar-refractivity contribution in [2.24, 2.45) is 0 Å². The molecule has 1 amide bonds. The number of amides is 1. The van der Waals surface area contributed by atoms with Crippen molar-refractivity contribution in [1.82, 2.24) is 9.88 Å².